The number of hydrogen-bond donors (Lipinski definition) is 1. The minimum Gasteiger partial charge on any atom is -0.351 e. The van der Waals surface area contributed by atoms with Gasteiger partial charge >= 0.3 is 0 Å². The molecule has 1 heterocycles. The average Bonchev–Trinajstić information content (AvgIpc) is 2.54. The fourth-order valence-electron chi connectivity index (χ4n) is 2.13. The Hall–Kier alpha value is -2.47. The molecule has 1 amide bonds. The topological polar surface area (TPSA) is 67.2 Å². The smallest absolute Gasteiger partial charge is 0.271 e. The highest BCUT2D eigenvalue weighted by molar-refractivity contribution is 5.91. The van der Waals surface area contributed by atoms with Crippen LogP contribution in [0.5, 0.6) is 0 Å². The minimum atomic E-state index is -0.259. The number of aromatic nitrogens is 2. The zero-order chi connectivity index (χ0) is 16.7. The van der Waals surface area contributed by atoms with Crippen LogP contribution in [0, 0.1) is 0 Å². The van der Waals surface area contributed by atoms with Crippen molar-refractivity contribution in [2.45, 2.75) is 13.0 Å². The standard InChI is InChI=1S/C17H22N4O2/c1-20(2)12-6-11-18-17(23)15-9-10-16(22)21(19-15)13-14-7-4-3-5-8-14/h3-5,7-10H,6,11-13H2,1-2H3,(H,18,23). The van der Waals surface area contributed by atoms with E-state index in [1.54, 1.807) is 0 Å². The molecule has 6 heteroatoms. The maximum atomic E-state index is 12.1. The molecule has 2 rings (SSSR count). The first-order chi connectivity index (χ1) is 11.1. The van der Waals surface area contributed by atoms with Crippen molar-refractivity contribution >= 4 is 5.91 Å². The van der Waals surface area contributed by atoms with Crippen molar-refractivity contribution < 1.29 is 4.79 Å². The molecule has 0 saturated heterocycles. The summed E-state index contributed by atoms with van der Waals surface area (Å²) in [4.78, 5) is 26.1. The quantitative estimate of drug-likeness (QED) is 0.774. The molecule has 0 fully saturated rings. The van der Waals surface area contributed by atoms with Crippen molar-refractivity contribution in [3.8, 4) is 0 Å². The molecule has 0 saturated carbocycles. The van der Waals surface area contributed by atoms with E-state index in [0.29, 0.717) is 13.1 Å². The molecule has 0 aliphatic carbocycles. The number of amides is 1. The first kappa shape index (κ1) is 16.9. The van der Waals surface area contributed by atoms with Crippen LogP contribution in [0.3, 0.4) is 0 Å². The Morgan fingerprint density at radius 2 is 1.91 bits per heavy atom. The number of nitrogens with zero attached hydrogens (tertiary/aromatic N) is 3. The van der Waals surface area contributed by atoms with Crippen LogP contribution in [-0.2, 0) is 6.54 Å². The van der Waals surface area contributed by atoms with Gasteiger partial charge in [0.25, 0.3) is 11.5 Å². The van der Waals surface area contributed by atoms with Gasteiger partial charge in [0.15, 0.2) is 0 Å². The molecular formula is C17H22N4O2. The van der Waals surface area contributed by atoms with Gasteiger partial charge in [0, 0.05) is 12.6 Å². The molecule has 6 nitrogen and oxygen atoms in total. The lowest BCUT2D eigenvalue weighted by Gasteiger charge is -2.10. The molecule has 0 radical (unpaired) electrons. The highest BCUT2D eigenvalue weighted by Gasteiger charge is 2.09. The van der Waals surface area contributed by atoms with Crippen LogP contribution in [0.1, 0.15) is 22.5 Å². The first-order valence-corrected chi connectivity index (χ1v) is 7.61. The molecule has 1 aromatic heterocycles. The summed E-state index contributed by atoms with van der Waals surface area (Å²) in [6.07, 6.45) is 0.863. The normalized spacial score (nSPS) is 10.7. The van der Waals surface area contributed by atoms with Gasteiger partial charge in [-0.2, -0.15) is 5.10 Å². The van der Waals surface area contributed by atoms with Gasteiger partial charge in [0.2, 0.25) is 0 Å². The molecule has 122 valence electrons. The third-order valence-corrected chi connectivity index (χ3v) is 3.34. The lowest BCUT2D eigenvalue weighted by molar-refractivity contribution is 0.0945. The third-order valence-electron chi connectivity index (χ3n) is 3.34. The number of carbonyl (C=O) groups is 1. The maximum absolute atomic E-state index is 12.1. The van der Waals surface area contributed by atoms with Crippen molar-refractivity contribution in [3.63, 3.8) is 0 Å². The van der Waals surface area contributed by atoms with Crippen LogP contribution in [-0.4, -0.2) is 47.8 Å². The van der Waals surface area contributed by atoms with E-state index in [-0.39, 0.29) is 17.2 Å². The lowest BCUT2D eigenvalue weighted by Crippen LogP contribution is -2.31. The molecule has 0 unspecified atom stereocenters. The molecule has 0 spiro atoms. The van der Waals surface area contributed by atoms with Crippen molar-refractivity contribution in [1.82, 2.24) is 20.0 Å². The minimum absolute atomic E-state index is 0.224. The van der Waals surface area contributed by atoms with Gasteiger partial charge in [-0.1, -0.05) is 30.3 Å². The summed E-state index contributed by atoms with van der Waals surface area (Å²) in [7, 11) is 3.98. The van der Waals surface area contributed by atoms with Crippen LogP contribution in [0.4, 0.5) is 0 Å². The van der Waals surface area contributed by atoms with Crippen LogP contribution in [0.15, 0.2) is 47.3 Å². The summed E-state index contributed by atoms with van der Waals surface area (Å²) in [6.45, 7) is 1.83. The maximum Gasteiger partial charge on any atom is 0.271 e. The third kappa shape index (κ3) is 5.34. The van der Waals surface area contributed by atoms with Crippen LogP contribution < -0.4 is 10.9 Å². The largest absolute Gasteiger partial charge is 0.351 e. The Bertz CT molecular complexity index is 695. The predicted molar refractivity (Wildman–Crippen MR) is 89.5 cm³/mol. The predicted octanol–water partition coefficient (Wildman–Crippen LogP) is 0.973. The average molecular weight is 314 g/mol. The Kier molecular flexibility index (Phi) is 6.05. The van der Waals surface area contributed by atoms with E-state index in [1.165, 1.54) is 16.8 Å². The Morgan fingerprint density at radius 3 is 2.61 bits per heavy atom. The van der Waals surface area contributed by atoms with Crippen molar-refractivity contribution in [2.24, 2.45) is 0 Å². The number of hydrogen-bond acceptors (Lipinski definition) is 4. The van der Waals surface area contributed by atoms with E-state index >= 15 is 0 Å². The van der Waals surface area contributed by atoms with Crippen molar-refractivity contribution in [3.05, 3.63) is 64.1 Å². The van der Waals surface area contributed by atoms with Crippen LogP contribution in [0.2, 0.25) is 0 Å². The molecule has 0 aliphatic rings. The molecule has 0 bridgehead atoms. The Balaban J connectivity index is 2.02. The van der Waals surface area contributed by atoms with Crippen LogP contribution >= 0.6 is 0 Å². The Labute approximate surface area is 135 Å². The summed E-state index contributed by atoms with van der Waals surface area (Å²) >= 11 is 0. The SMILES string of the molecule is CN(C)CCCNC(=O)c1ccc(=O)n(Cc2ccccc2)n1. The number of rotatable bonds is 7. The van der Waals surface area contributed by atoms with Gasteiger partial charge in [0.1, 0.15) is 5.69 Å². The molecule has 0 aliphatic heterocycles. The van der Waals surface area contributed by atoms with Gasteiger partial charge in [-0.25, -0.2) is 4.68 Å². The number of carbonyl (C=O) groups excluding carboxylic acids is 1. The molecule has 23 heavy (non-hydrogen) atoms. The fourth-order valence-corrected chi connectivity index (χ4v) is 2.13. The number of nitrogens with one attached hydrogen (secondary N) is 1. The summed E-state index contributed by atoms with van der Waals surface area (Å²) in [6, 6.07) is 12.4. The highest BCUT2D eigenvalue weighted by atomic mass is 16.2. The molecule has 1 N–H and O–H groups in total. The summed E-state index contributed by atoms with van der Waals surface area (Å²) in [5.41, 5.74) is 0.994. The second-order valence-corrected chi connectivity index (χ2v) is 5.61. The number of benzene rings is 1. The van der Waals surface area contributed by atoms with E-state index in [2.05, 4.69) is 15.3 Å². The van der Waals surface area contributed by atoms with E-state index in [1.807, 2.05) is 44.4 Å². The zero-order valence-electron chi connectivity index (χ0n) is 13.5. The Morgan fingerprint density at radius 1 is 1.17 bits per heavy atom. The van der Waals surface area contributed by atoms with Gasteiger partial charge in [-0.05, 0) is 38.7 Å². The fraction of sp³-hybridized carbons (Fsp3) is 0.353. The van der Waals surface area contributed by atoms with Crippen molar-refractivity contribution in [2.75, 3.05) is 27.2 Å². The second kappa shape index (κ2) is 8.24. The van der Waals surface area contributed by atoms with Crippen LogP contribution in [0.25, 0.3) is 0 Å². The summed E-state index contributed by atoms with van der Waals surface area (Å²) < 4.78 is 1.31. The van der Waals surface area contributed by atoms with Gasteiger partial charge in [0.05, 0.1) is 6.54 Å². The zero-order valence-corrected chi connectivity index (χ0v) is 13.5. The van der Waals surface area contributed by atoms with E-state index in [0.717, 1.165) is 18.5 Å². The van der Waals surface area contributed by atoms with Gasteiger partial charge < -0.3 is 10.2 Å². The van der Waals surface area contributed by atoms with E-state index in [4.69, 9.17) is 0 Å². The molecular weight excluding hydrogens is 292 g/mol. The molecule has 0 atom stereocenters. The van der Waals surface area contributed by atoms with Gasteiger partial charge in [-0.15, -0.1) is 0 Å². The molecule has 1 aromatic carbocycles. The highest BCUT2D eigenvalue weighted by Crippen LogP contribution is 2.00. The second-order valence-electron chi connectivity index (χ2n) is 5.61. The van der Waals surface area contributed by atoms with E-state index < -0.39 is 0 Å². The van der Waals surface area contributed by atoms with Crippen molar-refractivity contribution in [1.29, 1.82) is 0 Å². The van der Waals surface area contributed by atoms with Gasteiger partial charge in [-0.3, -0.25) is 9.59 Å². The first-order valence-electron chi connectivity index (χ1n) is 7.61. The summed E-state index contributed by atoms with van der Waals surface area (Å²) in [5, 5.41) is 6.98. The summed E-state index contributed by atoms with van der Waals surface area (Å²) in [5.74, 6) is -0.259. The lowest BCUT2D eigenvalue weighted by atomic mass is 10.2. The monoisotopic (exact) mass is 314 g/mol. The van der Waals surface area contributed by atoms with E-state index in [9.17, 15) is 9.59 Å². The molecule has 2 aromatic rings.